The van der Waals surface area contributed by atoms with Crippen molar-refractivity contribution >= 4 is 27.3 Å². The molecule has 0 saturated heterocycles. The predicted octanol–water partition coefficient (Wildman–Crippen LogP) is 2.18. The molecule has 0 aliphatic rings. The first-order chi connectivity index (χ1) is 8.90. The zero-order chi connectivity index (χ0) is 14.5. The molecular weight excluding hydrogens is 286 g/mol. The molecule has 0 fully saturated rings. The van der Waals surface area contributed by atoms with Gasteiger partial charge in [-0.3, -0.25) is 4.79 Å². The Hall–Kier alpha value is -1.07. The third-order valence-corrected chi connectivity index (χ3v) is 3.96. The molecule has 106 valence electrons. The molecule has 1 aromatic rings. The van der Waals surface area contributed by atoms with Crippen LogP contribution in [-0.4, -0.2) is 44.5 Å². The molecule has 0 radical (unpaired) electrons. The molecule has 0 spiro atoms. The van der Waals surface area contributed by atoms with E-state index in [4.69, 9.17) is 11.6 Å². The number of hydrogen-bond acceptors (Lipinski definition) is 3. The summed E-state index contributed by atoms with van der Waals surface area (Å²) in [6.45, 7) is 3.11. The molecule has 0 heterocycles. The van der Waals surface area contributed by atoms with Crippen LogP contribution >= 0.6 is 11.6 Å². The van der Waals surface area contributed by atoms with Crippen molar-refractivity contribution in [2.45, 2.75) is 18.2 Å². The third-order valence-electron chi connectivity index (χ3n) is 2.66. The number of nitrogens with zero attached hydrogens (tertiary/aromatic N) is 1. The van der Waals surface area contributed by atoms with Gasteiger partial charge in [0.2, 0.25) is 0 Å². The molecule has 0 atom stereocenters. The lowest BCUT2D eigenvalue weighted by Gasteiger charge is -2.21. The van der Waals surface area contributed by atoms with Crippen LogP contribution in [0.2, 0.25) is 0 Å². The SMILES string of the molecule is CCCN(CCCl)C(=O)c1ccc(S(C)(=O)=O)cc1. The van der Waals surface area contributed by atoms with E-state index in [9.17, 15) is 13.2 Å². The molecule has 4 nitrogen and oxygen atoms in total. The van der Waals surface area contributed by atoms with Gasteiger partial charge < -0.3 is 4.90 Å². The molecule has 1 amide bonds. The number of alkyl halides is 1. The van der Waals surface area contributed by atoms with Gasteiger partial charge in [-0.25, -0.2) is 8.42 Å². The van der Waals surface area contributed by atoms with Gasteiger partial charge in [0.05, 0.1) is 4.90 Å². The average molecular weight is 304 g/mol. The minimum atomic E-state index is -3.23. The van der Waals surface area contributed by atoms with Crippen molar-refractivity contribution in [1.29, 1.82) is 0 Å². The van der Waals surface area contributed by atoms with Crippen molar-refractivity contribution in [2.75, 3.05) is 25.2 Å². The topological polar surface area (TPSA) is 54.5 Å². The van der Waals surface area contributed by atoms with Crippen LogP contribution < -0.4 is 0 Å². The number of sulfone groups is 1. The summed E-state index contributed by atoms with van der Waals surface area (Å²) in [7, 11) is -3.23. The molecule has 0 N–H and O–H groups in total. The fraction of sp³-hybridized carbons (Fsp3) is 0.462. The Morgan fingerprint density at radius 3 is 2.21 bits per heavy atom. The second-order valence-corrected chi connectivity index (χ2v) is 6.67. The van der Waals surface area contributed by atoms with Crippen LogP contribution in [0.5, 0.6) is 0 Å². The molecule has 0 unspecified atom stereocenters. The van der Waals surface area contributed by atoms with Crippen LogP contribution in [0, 0.1) is 0 Å². The van der Waals surface area contributed by atoms with Crippen LogP contribution in [0.1, 0.15) is 23.7 Å². The van der Waals surface area contributed by atoms with Crippen molar-refractivity contribution in [3.8, 4) is 0 Å². The summed E-state index contributed by atoms with van der Waals surface area (Å²) in [5.74, 6) is 0.259. The molecular formula is C13H18ClNO3S. The van der Waals surface area contributed by atoms with Gasteiger partial charge in [0.1, 0.15) is 0 Å². The lowest BCUT2D eigenvalue weighted by Crippen LogP contribution is -2.33. The lowest BCUT2D eigenvalue weighted by molar-refractivity contribution is 0.0765. The Morgan fingerprint density at radius 1 is 1.21 bits per heavy atom. The fourth-order valence-electron chi connectivity index (χ4n) is 1.71. The first-order valence-electron chi connectivity index (χ1n) is 6.05. The smallest absolute Gasteiger partial charge is 0.253 e. The van der Waals surface area contributed by atoms with Crippen molar-refractivity contribution in [1.82, 2.24) is 4.90 Å². The van der Waals surface area contributed by atoms with E-state index in [0.717, 1.165) is 12.7 Å². The minimum Gasteiger partial charge on any atom is -0.337 e. The number of halogens is 1. The quantitative estimate of drug-likeness (QED) is 0.757. The van der Waals surface area contributed by atoms with E-state index in [0.29, 0.717) is 24.5 Å². The number of amides is 1. The van der Waals surface area contributed by atoms with E-state index in [-0.39, 0.29) is 10.8 Å². The van der Waals surface area contributed by atoms with E-state index >= 15 is 0 Å². The van der Waals surface area contributed by atoms with Crippen LogP contribution in [0.15, 0.2) is 29.2 Å². The monoisotopic (exact) mass is 303 g/mol. The molecule has 0 bridgehead atoms. The van der Waals surface area contributed by atoms with Gasteiger partial charge in [-0.1, -0.05) is 6.92 Å². The van der Waals surface area contributed by atoms with Crippen molar-refractivity contribution in [2.24, 2.45) is 0 Å². The number of benzene rings is 1. The minimum absolute atomic E-state index is 0.123. The van der Waals surface area contributed by atoms with E-state index in [1.54, 1.807) is 4.90 Å². The highest BCUT2D eigenvalue weighted by Gasteiger charge is 2.15. The highest BCUT2D eigenvalue weighted by molar-refractivity contribution is 7.90. The summed E-state index contributed by atoms with van der Waals surface area (Å²) in [5, 5.41) is 0. The first kappa shape index (κ1) is 16.0. The number of carbonyl (C=O) groups excluding carboxylic acids is 1. The number of rotatable bonds is 6. The van der Waals surface area contributed by atoms with E-state index < -0.39 is 9.84 Å². The van der Waals surface area contributed by atoms with Gasteiger partial charge in [0.25, 0.3) is 5.91 Å². The van der Waals surface area contributed by atoms with E-state index in [2.05, 4.69) is 0 Å². The number of carbonyl (C=O) groups is 1. The molecule has 0 saturated carbocycles. The largest absolute Gasteiger partial charge is 0.337 e. The van der Waals surface area contributed by atoms with Gasteiger partial charge in [0.15, 0.2) is 9.84 Å². The Kier molecular flexibility index (Phi) is 5.82. The zero-order valence-corrected chi connectivity index (χ0v) is 12.7. The molecule has 0 aliphatic carbocycles. The molecule has 19 heavy (non-hydrogen) atoms. The first-order valence-corrected chi connectivity index (χ1v) is 8.48. The highest BCUT2D eigenvalue weighted by atomic mass is 35.5. The summed E-state index contributed by atoms with van der Waals surface area (Å²) < 4.78 is 22.7. The van der Waals surface area contributed by atoms with Crippen LogP contribution in [0.25, 0.3) is 0 Å². The van der Waals surface area contributed by atoms with Crippen LogP contribution in [-0.2, 0) is 9.84 Å². The van der Waals surface area contributed by atoms with E-state index in [1.807, 2.05) is 6.92 Å². The molecule has 1 rings (SSSR count). The molecule has 0 aliphatic heterocycles. The van der Waals surface area contributed by atoms with Gasteiger partial charge >= 0.3 is 0 Å². The second-order valence-electron chi connectivity index (χ2n) is 4.28. The van der Waals surface area contributed by atoms with Crippen molar-refractivity contribution in [3.63, 3.8) is 0 Å². The average Bonchev–Trinajstić information content (AvgIpc) is 2.37. The molecule has 1 aromatic carbocycles. The Labute approximate surface area is 119 Å². The lowest BCUT2D eigenvalue weighted by atomic mass is 10.2. The standard InChI is InChI=1S/C13H18ClNO3S/c1-3-9-15(10-8-14)13(16)11-4-6-12(7-5-11)19(2,17)18/h4-7H,3,8-10H2,1-2H3. The maximum absolute atomic E-state index is 12.2. The van der Waals surface area contributed by atoms with Gasteiger partial charge in [-0.2, -0.15) is 0 Å². The maximum Gasteiger partial charge on any atom is 0.253 e. The molecule has 6 heteroatoms. The predicted molar refractivity (Wildman–Crippen MR) is 76.5 cm³/mol. The zero-order valence-electron chi connectivity index (χ0n) is 11.1. The number of hydrogen-bond donors (Lipinski definition) is 0. The summed E-state index contributed by atoms with van der Waals surface area (Å²) in [4.78, 5) is 14.1. The Balaban J connectivity index is 2.93. The van der Waals surface area contributed by atoms with Crippen LogP contribution in [0.3, 0.4) is 0 Å². The fourth-order valence-corrected chi connectivity index (χ4v) is 2.55. The van der Waals surface area contributed by atoms with Gasteiger partial charge in [-0.05, 0) is 30.7 Å². The summed E-state index contributed by atoms with van der Waals surface area (Å²) in [5.41, 5.74) is 0.478. The summed E-state index contributed by atoms with van der Waals surface area (Å²) >= 11 is 5.68. The van der Waals surface area contributed by atoms with Crippen LogP contribution in [0.4, 0.5) is 0 Å². The maximum atomic E-state index is 12.2. The highest BCUT2D eigenvalue weighted by Crippen LogP contribution is 2.12. The normalized spacial score (nSPS) is 11.3. The Bertz CT molecular complexity index is 519. The van der Waals surface area contributed by atoms with Gasteiger partial charge in [-0.15, -0.1) is 11.6 Å². The molecule has 0 aromatic heterocycles. The Morgan fingerprint density at radius 2 is 1.79 bits per heavy atom. The summed E-state index contributed by atoms with van der Waals surface area (Å²) in [6.07, 6.45) is 1.99. The van der Waals surface area contributed by atoms with Crippen molar-refractivity contribution in [3.05, 3.63) is 29.8 Å². The van der Waals surface area contributed by atoms with Crippen molar-refractivity contribution < 1.29 is 13.2 Å². The third kappa shape index (κ3) is 4.51. The van der Waals surface area contributed by atoms with Gasteiger partial charge in [0, 0.05) is 30.8 Å². The van der Waals surface area contributed by atoms with E-state index in [1.165, 1.54) is 24.3 Å². The summed E-state index contributed by atoms with van der Waals surface area (Å²) in [6, 6.07) is 5.98. The second kappa shape index (κ2) is 6.91.